The van der Waals surface area contributed by atoms with Crippen molar-refractivity contribution in [3.05, 3.63) is 0 Å². The third-order valence-electron chi connectivity index (χ3n) is 2.07. The minimum atomic E-state index is -0.439. The zero-order valence-corrected chi connectivity index (χ0v) is 10.6. The summed E-state index contributed by atoms with van der Waals surface area (Å²) in [5.41, 5.74) is -0.439. The van der Waals surface area contributed by atoms with Crippen molar-refractivity contribution in [1.29, 1.82) is 0 Å². The maximum Gasteiger partial charge on any atom is 0.351 e. The maximum absolute atomic E-state index is 12.0. The normalized spacial score (nSPS) is 22.2. The zero-order chi connectivity index (χ0) is 12.3. The molecule has 1 heterocycles. The summed E-state index contributed by atoms with van der Waals surface area (Å²) in [6.45, 7) is 5.29. The van der Waals surface area contributed by atoms with Crippen molar-refractivity contribution in [1.82, 2.24) is 15.2 Å². The second kappa shape index (κ2) is 5.20. The summed E-state index contributed by atoms with van der Waals surface area (Å²) in [4.78, 5) is 24.8. The van der Waals surface area contributed by atoms with Crippen LogP contribution in [0.3, 0.4) is 0 Å². The number of urea groups is 2. The second-order valence-electron chi connectivity index (χ2n) is 3.50. The average molecular weight is 244 g/mol. The molecule has 0 aromatic rings. The fourth-order valence-electron chi connectivity index (χ4n) is 1.38. The van der Waals surface area contributed by atoms with E-state index in [0.29, 0.717) is 0 Å². The Morgan fingerprint density at radius 3 is 2.56 bits per heavy atom. The van der Waals surface area contributed by atoms with E-state index in [-0.39, 0.29) is 12.1 Å². The number of imide groups is 1. The molecule has 0 aromatic heterocycles. The lowest BCUT2D eigenvalue weighted by atomic mass is 10.3. The van der Waals surface area contributed by atoms with Gasteiger partial charge in [0, 0.05) is 12.3 Å². The van der Waals surface area contributed by atoms with Crippen molar-refractivity contribution in [2.75, 3.05) is 6.26 Å². The molecule has 1 saturated heterocycles. The van der Waals surface area contributed by atoms with Gasteiger partial charge in [-0.2, -0.15) is 10.1 Å². The van der Waals surface area contributed by atoms with Gasteiger partial charge in [0.1, 0.15) is 0 Å². The Labute approximate surface area is 99.0 Å². The summed E-state index contributed by atoms with van der Waals surface area (Å²) in [7, 11) is 0. The molecule has 0 aromatic carbocycles. The molecule has 1 aliphatic heterocycles. The van der Waals surface area contributed by atoms with Crippen LogP contribution in [0.25, 0.3) is 0 Å². The van der Waals surface area contributed by atoms with Gasteiger partial charge >= 0.3 is 12.1 Å². The molecule has 1 fully saturated rings. The SMILES string of the molecule is CC=NN1C(=O)N(C(C)C)C(=O)NC1SC. The zero-order valence-electron chi connectivity index (χ0n) is 9.80. The molecule has 16 heavy (non-hydrogen) atoms. The van der Waals surface area contributed by atoms with Crippen LogP contribution in [0.5, 0.6) is 0 Å². The smallest absolute Gasteiger partial charge is 0.307 e. The minimum absolute atomic E-state index is 0.190. The van der Waals surface area contributed by atoms with Crippen molar-refractivity contribution in [2.24, 2.45) is 5.10 Å². The first-order chi connectivity index (χ1) is 7.52. The van der Waals surface area contributed by atoms with Gasteiger partial charge in [0.2, 0.25) is 0 Å². The van der Waals surface area contributed by atoms with Crippen LogP contribution < -0.4 is 5.32 Å². The van der Waals surface area contributed by atoms with E-state index in [4.69, 9.17) is 0 Å². The summed E-state index contributed by atoms with van der Waals surface area (Å²) in [5.74, 6) is 0. The van der Waals surface area contributed by atoms with E-state index in [0.717, 1.165) is 4.90 Å². The van der Waals surface area contributed by atoms with Gasteiger partial charge in [0.25, 0.3) is 0 Å². The highest BCUT2D eigenvalue weighted by molar-refractivity contribution is 7.99. The maximum atomic E-state index is 12.0. The molecule has 4 amide bonds. The molecular weight excluding hydrogens is 228 g/mol. The number of hydrogen-bond donors (Lipinski definition) is 1. The van der Waals surface area contributed by atoms with Gasteiger partial charge in [-0.15, -0.1) is 11.8 Å². The number of rotatable bonds is 3. The first kappa shape index (κ1) is 12.8. The molecular formula is C9H16N4O2S. The highest BCUT2D eigenvalue weighted by Crippen LogP contribution is 2.19. The van der Waals surface area contributed by atoms with Crippen LogP contribution >= 0.6 is 11.8 Å². The van der Waals surface area contributed by atoms with E-state index < -0.39 is 11.5 Å². The number of nitrogens with zero attached hydrogens (tertiary/aromatic N) is 3. The van der Waals surface area contributed by atoms with Crippen molar-refractivity contribution < 1.29 is 9.59 Å². The van der Waals surface area contributed by atoms with E-state index in [1.54, 1.807) is 27.0 Å². The number of hydrogen-bond acceptors (Lipinski definition) is 4. The number of carbonyl (C=O) groups is 2. The Hall–Kier alpha value is -1.24. The van der Waals surface area contributed by atoms with E-state index in [1.807, 2.05) is 0 Å². The lowest BCUT2D eigenvalue weighted by Crippen LogP contribution is -2.63. The average Bonchev–Trinajstić information content (AvgIpc) is 2.21. The Balaban J connectivity index is 2.97. The number of nitrogens with one attached hydrogen (secondary N) is 1. The van der Waals surface area contributed by atoms with Crippen LogP contribution in [0.2, 0.25) is 0 Å². The fraction of sp³-hybridized carbons (Fsp3) is 0.667. The molecule has 0 saturated carbocycles. The van der Waals surface area contributed by atoms with Gasteiger partial charge in [-0.1, -0.05) is 0 Å². The predicted octanol–water partition coefficient (Wildman–Crippen LogP) is 1.49. The number of carbonyl (C=O) groups excluding carboxylic acids is 2. The largest absolute Gasteiger partial charge is 0.351 e. The minimum Gasteiger partial charge on any atom is -0.307 e. The quantitative estimate of drug-likeness (QED) is 0.765. The third-order valence-corrected chi connectivity index (χ3v) is 2.83. The summed E-state index contributed by atoms with van der Waals surface area (Å²) in [6.07, 6.45) is 3.33. The predicted molar refractivity (Wildman–Crippen MR) is 64.2 cm³/mol. The lowest BCUT2D eigenvalue weighted by Gasteiger charge is -2.38. The van der Waals surface area contributed by atoms with Gasteiger partial charge in [-0.25, -0.2) is 14.5 Å². The van der Waals surface area contributed by atoms with Crippen LogP contribution in [-0.2, 0) is 0 Å². The van der Waals surface area contributed by atoms with Crippen molar-refractivity contribution in [2.45, 2.75) is 32.3 Å². The molecule has 7 heteroatoms. The standard InChI is InChI=1S/C9H16N4O2S/c1-5-10-13-8(16-4)11-7(14)12(6(2)3)9(13)15/h5-6,8H,1-4H3,(H,11,14). The molecule has 90 valence electrons. The Bertz CT molecular complexity index is 319. The van der Waals surface area contributed by atoms with Crippen LogP contribution in [0, 0.1) is 0 Å². The molecule has 1 atom stereocenters. The summed E-state index contributed by atoms with van der Waals surface area (Å²) in [5, 5.41) is 7.94. The van der Waals surface area contributed by atoms with Gasteiger partial charge in [-0.3, -0.25) is 0 Å². The molecule has 6 nitrogen and oxygen atoms in total. The molecule has 0 aliphatic carbocycles. The van der Waals surface area contributed by atoms with Crippen LogP contribution in [-0.4, -0.2) is 46.0 Å². The first-order valence-electron chi connectivity index (χ1n) is 4.97. The molecule has 0 radical (unpaired) electrons. The van der Waals surface area contributed by atoms with Crippen molar-refractivity contribution in [3.63, 3.8) is 0 Å². The van der Waals surface area contributed by atoms with Gasteiger partial charge in [-0.05, 0) is 27.0 Å². The Morgan fingerprint density at radius 2 is 2.12 bits per heavy atom. The summed E-state index contributed by atoms with van der Waals surface area (Å²) < 4.78 is 0. The monoisotopic (exact) mass is 244 g/mol. The van der Waals surface area contributed by atoms with Crippen LogP contribution in [0.4, 0.5) is 9.59 Å². The molecule has 1 N–H and O–H groups in total. The van der Waals surface area contributed by atoms with Crippen LogP contribution in [0.15, 0.2) is 5.10 Å². The molecule has 1 rings (SSSR count). The first-order valence-corrected chi connectivity index (χ1v) is 6.26. The second-order valence-corrected chi connectivity index (χ2v) is 4.42. The van der Waals surface area contributed by atoms with Gasteiger partial charge in [0.15, 0.2) is 5.50 Å². The van der Waals surface area contributed by atoms with E-state index >= 15 is 0 Å². The number of thioether (sulfide) groups is 1. The summed E-state index contributed by atoms with van der Waals surface area (Å²) >= 11 is 1.35. The highest BCUT2D eigenvalue weighted by atomic mass is 32.2. The topological polar surface area (TPSA) is 65.0 Å². The fourth-order valence-corrected chi connectivity index (χ4v) is 1.95. The van der Waals surface area contributed by atoms with Crippen molar-refractivity contribution >= 4 is 30.0 Å². The lowest BCUT2D eigenvalue weighted by molar-refractivity contribution is 0.116. The summed E-state index contributed by atoms with van der Waals surface area (Å²) in [6, 6.07) is -0.956. The molecule has 0 bridgehead atoms. The highest BCUT2D eigenvalue weighted by Gasteiger charge is 2.39. The Kier molecular flexibility index (Phi) is 4.17. The Morgan fingerprint density at radius 1 is 1.50 bits per heavy atom. The van der Waals surface area contributed by atoms with E-state index in [2.05, 4.69) is 10.4 Å². The van der Waals surface area contributed by atoms with Crippen LogP contribution in [0.1, 0.15) is 20.8 Å². The van der Waals surface area contributed by atoms with Gasteiger partial charge < -0.3 is 5.32 Å². The number of amides is 4. The molecule has 1 aliphatic rings. The van der Waals surface area contributed by atoms with E-state index in [1.165, 1.54) is 23.0 Å². The molecule has 0 spiro atoms. The van der Waals surface area contributed by atoms with Crippen molar-refractivity contribution in [3.8, 4) is 0 Å². The number of hydrazone groups is 1. The third kappa shape index (κ3) is 2.29. The van der Waals surface area contributed by atoms with E-state index in [9.17, 15) is 9.59 Å². The van der Waals surface area contributed by atoms with Gasteiger partial charge in [0.05, 0.1) is 0 Å². The molecule has 1 unspecified atom stereocenters.